The van der Waals surface area contributed by atoms with Crippen LogP contribution in [0, 0.1) is 0 Å². The van der Waals surface area contributed by atoms with Gasteiger partial charge in [-0.1, -0.05) is 36.4 Å². The van der Waals surface area contributed by atoms with E-state index in [0.29, 0.717) is 0 Å². The Morgan fingerprint density at radius 3 is 2.00 bits per heavy atom. The maximum absolute atomic E-state index is 6.03. The molecule has 3 rings (SSSR count). The van der Waals surface area contributed by atoms with Gasteiger partial charge in [0.05, 0.1) is 12.7 Å². The first kappa shape index (κ1) is 13.6. The highest BCUT2D eigenvalue weighted by Crippen LogP contribution is 2.53. The van der Waals surface area contributed by atoms with Gasteiger partial charge in [0.1, 0.15) is 0 Å². The lowest BCUT2D eigenvalue weighted by atomic mass is 10.3. The average molecular weight is 287 g/mol. The van der Waals surface area contributed by atoms with Gasteiger partial charge in [-0.3, -0.25) is 4.67 Å². The molecular weight excluding hydrogens is 269 g/mol. The zero-order chi connectivity index (χ0) is 13.8. The fourth-order valence-corrected chi connectivity index (χ4v) is 3.70. The summed E-state index contributed by atoms with van der Waals surface area (Å²) in [7, 11) is -1.09. The van der Waals surface area contributed by atoms with Crippen LogP contribution in [0.1, 0.15) is 13.3 Å². The van der Waals surface area contributed by atoms with Crippen LogP contribution in [0.2, 0.25) is 0 Å². The van der Waals surface area contributed by atoms with Gasteiger partial charge >= 0.3 is 0 Å². The monoisotopic (exact) mass is 287 g/mol. The van der Waals surface area contributed by atoms with Crippen LogP contribution in [-0.2, 0) is 9.05 Å². The molecule has 0 N–H and O–H groups in total. The van der Waals surface area contributed by atoms with Crippen molar-refractivity contribution < 1.29 is 9.05 Å². The van der Waals surface area contributed by atoms with E-state index < -0.39 is 8.53 Å². The third-order valence-electron chi connectivity index (χ3n) is 3.16. The first-order chi connectivity index (χ1) is 9.84. The predicted octanol–water partition coefficient (Wildman–Crippen LogP) is 4.88. The van der Waals surface area contributed by atoms with Crippen LogP contribution >= 0.6 is 8.53 Å². The Kier molecular flexibility index (Phi) is 4.31. The van der Waals surface area contributed by atoms with E-state index in [4.69, 9.17) is 9.05 Å². The standard InChI is InChI=1S/C16H18NO2P/c1-14-12-13-18-20(19-14)17(15-8-4-2-5-9-15)16-10-6-3-7-11-16/h2-11,14H,12-13H2,1H3/t14-,20-/m1/s1. The number of benzene rings is 2. The molecule has 1 fully saturated rings. The van der Waals surface area contributed by atoms with Crippen LogP contribution in [0.4, 0.5) is 11.4 Å². The van der Waals surface area contributed by atoms with Crippen LogP contribution in [0.25, 0.3) is 0 Å². The first-order valence-corrected chi connectivity index (χ1v) is 7.97. The van der Waals surface area contributed by atoms with Crippen molar-refractivity contribution in [3.63, 3.8) is 0 Å². The van der Waals surface area contributed by atoms with Gasteiger partial charge in [0.15, 0.2) is 0 Å². The van der Waals surface area contributed by atoms with Crippen LogP contribution in [0.15, 0.2) is 60.7 Å². The van der Waals surface area contributed by atoms with Crippen LogP contribution in [0.5, 0.6) is 0 Å². The van der Waals surface area contributed by atoms with Crippen molar-refractivity contribution in [3.05, 3.63) is 60.7 Å². The zero-order valence-corrected chi connectivity index (χ0v) is 12.4. The van der Waals surface area contributed by atoms with Crippen LogP contribution < -0.4 is 4.67 Å². The van der Waals surface area contributed by atoms with E-state index in [0.717, 1.165) is 24.4 Å². The third-order valence-corrected chi connectivity index (χ3v) is 4.89. The van der Waals surface area contributed by atoms with Crippen molar-refractivity contribution in [2.75, 3.05) is 11.3 Å². The lowest BCUT2D eigenvalue weighted by Crippen LogP contribution is -2.23. The summed E-state index contributed by atoms with van der Waals surface area (Å²) in [4.78, 5) is 0. The Labute approximate surface area is 121 Å². The summed E-state index contributed by atoms with van der Waals surface area (Å²) in [6, 6.07) is 20.5. The van der Waals surface area contributed by atoms with Crippen LogP contribution in [-0.4, -0.2) is 12.7 Å². The number of hydrogen-bond donors (Lipinski definition) is 0. The van der Waals surface area contributed by atoms with Gasteiger partial charge in [0.25, 0.3) is 8.53 Å². The molecule has 0 unspecified atom stereocenters. The highest BCUT2D eigenvalue weighted by Gasteiger charge is 2.29. The minimum Gasteiger partial charge on any atom is -0.317 e. The summed E-state index contributed by atoms with van der Waals surface area (Å²) in [6.07, 6.45) is 1.20. The summed E-state index contributed by atoms with van der Waals surface area (Å²) in [6.45, 7) is 2.86. The summed E-state index contributed by atoms with van der Waals surface area (Å²) < 4.78 is 14.1. The molecule has 0 amide bonds. The van der Waals surface area contributed by atoms with Crippen LogP contribution in [0.3, 0.4) is 0 Å². The van der Waals surface area contributed by atoms with Gasteiger partial charge in [0, 0.05) is 11.4 Å². The molecular formula is C16H18NO2P. The largest absolute Gasteiger partial charge is 0.317 e. The smallest absolute Gasteiger partial charge is 0.295 e. The quantitative estimate of drug-likeness (QED) is 0.751. The van der Waals surface area contributed by atoms with Crippen molar-refractivity contribution in [1.29, 1.82) is 0 Å². The summed E-state index contributed by atoms with van der Waals surface area (Å²) in [5.74, 6) is 0. The number of anilines is 2. The predicted molar refractivity (Wildman–Crippen MR) is 83.1 cm³/mol. The third kappa shape index (κ3) is 3.01. The number of rotatable bonds is 3. The molecule has 0 saturated carbocycles. The molecule has 1 aliphatic heterocycles. The Hall–Kier alpha value is -1.41. The van der Waals surface area contributed by atoms with Crippen molar-refractivity contribution in [1.82, 2.24) is 0 Å². The van der Waals surface area contributed by atoms with Gasteiger partial charge in [-0.2, -0.15) is 0 Å². The van der Waals surface area contributed by atoms with E-state index in [1.165, 1.54) is 0 Å². The fourth-order valence-electron chi connectivity index (χ4n) is 2.11. The topological polar surface area (TPSA) is 21.7 Å². The zero-order valence-electron chi connectivity index (χ0n) is 11.5. The fraction of sp³-hybridized carbons (Fsp3) is 0.250. The Morgan fingerprint density at radius 2 is 1.50 bits per heavy atom. The maximum Gasteiger partial charge on any atom is 0.295 e. The van der Waals surface area contributed by atoms with E-state index in [9.17, 15) is 0 Å². The summed E-state index contributed by atoms with van der Waals surface area (Å²) >= 11 is 0. The Balaban J connectivity index is 1.95. The molecule has 2 aromatic carbocycles. The van der Waals surface area contributed by atoms with Crippen molar-refractivity contribution in [3.8, 4) is 0 Å². The molecule has 1 saturated heterocycles. The molecule has 3 nitrogen and oxygen atoms in total. The molecule has 0 aliphatic carbocycles. The molecule has 4 heteroatoms. The maximum atomic E-state index is 6.03. The summed E-state index contributed by atoms with van der Waals surface area (Å²) in [5.41, 5.74) is 2.19. The molecule has 1 aliphatic rings. The van der Waals surface area contributed by atoms with E-state index in [-0.39, 0.29) is 6.10 Å². The second-order valence-corrected chi connectivity index (χ2v) is 6.10. The second-order valence-electron chi connectivity index (χ2n) is 4.76. The lowest BCUT2D eigenvalue weighted by molar-refractivity contribution is 0.120. The lowest BCUT2D eigenvalue weighted by Gasteiger charge is -2.35. The minimum atomic E-state index is -1.09. The normalized spacial score (nSPS) is 22.4. The molecule has 0 spiro atoms. The highest BCUT2D eigenvalue weighted by atomic mass is 31.2. The van der Waals surface area contributed by atoms with Gasteiger partial charge in [0.2, 0.25) is 0 Å². The van der Waals surface area contributed by atoms with Gasteiger partial charge in [-0.15, -0.1) is 0 Å². The van der Waals surface area contributed by atoms with E-state index in [1.54, 1.807) is 0 Å². The van der Waals surface area contributed by atoms with E-state index in [2.05, 4.69) is 35.9 Å². The number of para-hydroxylation sites is 2. The molecule has 0 radical (unpaired) electrons. The molecule has 0 aromatic heterocycles. The molecule has 2 atom stereocenters. The van der Waals surface area contributed by atoms with Gasteiger partial charge < -0.3 is 9.05 Å². The van der Waals surface area contributed by atoms with Crippen molar-refractivity contribution >= 4 is 19.9 Å². The van der Waals surface area contributed by atoms with Crippen molar-refractivity contribution in [2.45, 2.75) is 19.4 Å². The van der Waals surface area contributed by atoms with Crippen molar-refractivity contribution in [2.24, 2.45) is 0 Å². The average Bonchev–Trinajstić information content (AvgIpc) is 2.50. The number of hydrogen-bond acceptors (Lipinski definition) is 3. The molecule has 1 heterocycles. The van der Waals surface area contributed by atoms with Gasteiger partial charge in [-0.25, -0.2) is 0 Å². The Bertz CT molecular complexity index is 495. The molecule has 104 valence electrons. The van der Waals surface area contributed by atoms with E-state index >= 15 is 0 Å². The van der Waals surface area contributed by atoms with Gasteiger partial charge in [-0.05, 0) is 37.6 Å². The molecule has 2 aromatic rings. The molecule has 0 bridgehead atoms. The molecule has 20 heavy (non-hydrogen) atoms. The SMILES string of the molecule is C[C@@H]1CCO[P@@](N(c2ccccc2)c2ccccc2)O1. The second kappa shape index (κ2) is 6.36. The highest BCUT2D eigenvalue weighted by molar-refractivity contribution is 7.49. The van der Waals surface area contributed by atoms with E-state index in [1.807, 2.05) is 36.4 Å². The number of nitrogens with zero attached hydrogens (tertiary/aromatic N) is 1. The first-order valence-electron chi connectivity index (χ1n) is 6.84. The Morgan fingerprint density at radius 1 is 0.950 bits per heavy atom. The minimum absolute atomic E-state index is 0.241. The summed E-state index contributed by atoms with van der Waals surface area (Å²) in [5, 5.41) is 0.